The number of allylic oxidation sites excluding steroid dienone is 1. The van der Waals surface area contributed by atoms with Crippen molar-refractivity contribution in [2.45, 2.75) is 91.7 Å². The zero-order valence-corrected chi connectivity index (χ0v) is 17.1. The molecule has 0 aliphatic carbocycles. The van der Waals surface area contributed by atoms with Crippen LogP contribution >= 0.6 is 0 Å². The lowest BCUT2D eigenvalue weighted by molar-refractivity contribution is 0.199. The van der Waals surface area contributed by atoms with Crippen LogP contribution in [0.3, 0.4) is 0 Å². The summed E-state index contributed by atoms with van der Waals surface area (Å²) in [6.45, 7) is 17.9. The molecule has 0 saturated carbocycles. The van der Waals surface area contributed by atoms with Gasteiger partial charge >= 0.3 is 0 Å². The fraction of sp³-hybridized carbons (Fsp3) is 0.875. The highest BCUT2D eigenvalue weighted by atomic mass is 28.4. The van der Waals surface area contributed by atoms with Gasteiger partial charge in [0.1, 0.15) is 0 Å². The Morgan fingerprint density at radius 3 is 1.00 bits per heavy atom. The van der Waals surface area contributed by atoms with E-state index in [2.05, 4.69) is 55.4 Å². The fourth-order valence-electron chi connectivity index (χ4n) is 2.55. The minimum absolute atomic E-state index is 0.874. The second kappa shape index (κ2) is 8.93. The number of hydrogen-bond acceptors (Lipinski definition) is 2. The van der Waals surface area contributed by atoms with Crippen LogP contribution in [0.25, 0.3) is 0 Å². The molecule has 0 aromatic carbocycles. The third-order valence-corrected chi connectivity index (χ3v) is 13.9. The lowest BCUT2D eigenvalue weighted by Crippen LogP contribution is -2.41. The zero-order valence-electron chi connectivity index (χ0n) is 15.1. The normalized spacial score (nSPS) is 12.2. The molecule has 0 rings (SSSR count). The highest BCUT2D eigenvalue weighted by Crippen LogP contribution is 2.31. The van der Waals surface area contributed by atoms with Crippen LogP contribution in [0.4, 0.5) is 0 Å². The van der Waals surface area contributed by atoms with Crippen molar-refractivity contribution in [1.82, 2.24) is 0 Å². The van der Waals surface area contributed by atoms with Crippen LogP contribution in [0.2, 0.25) is 36.3 Å². The maximum atomic E-state index is 6.54. The Morgan fingerprint density at radius 2 is 0.850 bits per heavy atom. The van der Waals surface area contributed by atoms with Crippen LogP contribution in [0.1, 0.15) is 55.4 Å². The van der Waals surface area contributed by atoms with Crippen molar-refractivity contribution >= 4 is 16.6 Å². The van der Waals surface area contributed by atoms with Crippen molar-refractivity contribution in [3.8, 4) is 0 Å². The second-order valence-electron chi connectivity index (χ2n) is 5.98. The Labute approximate surface area is 129 Å². The molecule has 0 aromatic heterocycles. The summed E-state index contributed by atoms with van der Waals surface area (Å²) < 4.78 is 13.1. The molecule has 0 fully saturated rings. The van der Waals surface area contributed by atoms with E-state index in [0.29, 0.717) is 0 Å². The molecule has 0 atom stereocenters. The van der Waals surface area contributed by atoms with Gasteiger partial charge in [0, 0.05) is 5.57 Å². The van der Waals surface area contributed by atoms with Gasteiger partial charge in [-0.3, -0.25) is 0 Å². The first-order valence-electron chi connectivity index (χ1n) is 8.43. The van der Waals surface area contributed by atoms with E-state index in [1.165, 1.54) is 41.8 Å². The van der Waals surface area contributed by atoms with Gasteiger partial charge in [-0.1, -0.05) is 41.5 Å². The Kier molecular flexibility index (Phi) is 8.83. The molecule has 120 valence electrons. The van der Waals surface area contributed by atoms with Gasteiger partial charge in [-0.05, 0) is 50.1 Å². The summed E-state index contributed by atoms with van der Waals surface area (Å²) in [5.41, 5.74) is 1.20. The van der Waals surface area contributed by atoms with E-state index in [1.54, 1.807) is 0 Å². The van der Waals surface area contributed by atoms with Crippen LogP contribution in [-0.4, -0.2) is 16.6 Å². The number of rotatable bonds is 10. The van der Waals surface area contributed by atoms with Crippen molar-refractivity contribution < 1.29 is 8.85 Å². The molecule has 0 radical (unpaired) electrons. The third kappa shape index (κ3) is 4.95. The highest BCUT2D eigenvalue weighted by molar-refractivity contribution is 6.75. The first-order chi connectivity index (χ1) is 9.38. The van der Waals surface area contributed by atoms with E-state index in [1.807, 2.05) is 0 Å². The van der Waals surface area contributed by atoms with Gasteiger partial charge in [-0.15, -0.1) is 0 Å². The van der Waals surface area contributed by atoms with E-state index in [0.717, 1.165) is 5.95 Å². The highest BCUT2D eigenvalue weighted by Gasteiger charge is 2.36. The summed E-state index contributed by atoms with van der Waals surface area (Å²) >= 11 is 0. The van der Waals surface area contributed by atoms with Crippen molar-refractivity contribution in [3.63, 3.8) is 0 Å². The predicted octanol–water partition coefficient (Wildman–Crippen LogP) is 6.28. The minimum atomic E-state index is -1.64. The van der Waals surface area contributed by atoms with E-state index in [4.69, 9.17) is 8.85 Å². The molecule has 0 N–H and O–H groups in total. The SMILES string of the molecule is CC[Si](CC)(CC)OC(O[Si](CC)(CC)CC)=C(C)C. The minimum Gasteiger partial charge on any atom is -0.520 e. The molecule has 0 amide bonds. The van der Waals surface area contributed by atoms with Crippen LogP contribution in [-0.2, 0) is 8.85 Å². The lowest BCUT2D eigenvalue weighted by Gasteiger charge is -2.36. The molecule has 0 aliphatic heterocycles. The summed E-state index contributed by atoms with van der Waals surface area (Å²) in [4.78, 5) is 0. The fourth-order valence-corrected chi connectivity index (χ4v) is 7.78. The second-order valence-corrected chi connectivity index (χ2v) is 15.4. The van der Waals surface area contributed by atoms with Crippen molar-refractivity contribution in [2.24, 2.45) is 0 Å². The topological polar surface area (TPSA) is 18.5 Å². The van der Waals surface area contributed by atoms with E-state index < -0.39 is 16.6 Å². The zero-order chi connectivity index (χ0) is 15.8. The van der Waals surface area contributed by atoms with Crippen LogP contribution < -0.4 is 0 Å². The maximum Gasteiger partial charge on any atom is 0.254 e. The standard InChI is InChI=1S/C16H36O2Si2/c1-9-19(10-2,11-3)17-16(15(7)8)18-20(12-4,13-5)14-6/h9-14H2,1-8H3. The largest absolute Gasteiger partial charge is 0.520 e. The summed E-state index contributed by atoms with van der Waals surface area (Å²) in [6.07, 6.45) is 0. The van der Waals surface area contributed by atoms with Crippen LogP contribution in [0, 0.1) is 0 Å². The molecule has 2 nitrogen and oxygen atoms in total. The Hall–Kier alpha value is -0.226. The molecule has 4 heteroatoms. The summed E-state index contributed by atoms with van der Waals surface area (Å²) in [5.74, 6) is 0.874. The summed E-state index contributed by atoms with van der Waals surface area (Å²) in [6, 6.07) is 6.99. The van der Waals surface area contributed by atoms with Crippen molar-refractivity contribution in [3.05, 3.63) is 11.5 Å². The van der Waals surface area contributed by atoms with Gasteiger partial charge in [0.05, 0.1) is 0 Å². The van der Waals surface area contributed by atoms with Gasteiger partial charge in [-0.2, -0.15) is 0 Å². The van der Waals surface area contributed by atoms with E-state index >= 15 is 0 Å². The molecule has 0 aliphatic rings. The number of hydrogen-bond donors (Lipinski definition) is 0. The molecule has 0 spiro atoms. The van der Waals surface area contributed by atoms with Gasteiger partial charge < -0.3 is 8.85 Å². The van der Waals surface area contributed by atoms with Gasteiger partial charge in [0.25, 0.3) is 16.6 Å². The van der Waals surface area contributed by atoms with Gasteiger partial charge in [0.15, 0.2) is 0 Å². The predicted molar refractivity (Wildman–Crippen MR) is 94.9 cm³/mol. The average molecular weight is 317 g/mol. The van der Waals surface area contributed by atoms with Gasteiger partial charge in [-0.25, -0.2) is 0 Å². The van der Waals surface area contributed by atoms with Crippen LogP contribution in [0.15, 0.2) is 11.5 Å². The molecule has 20 heavy (non-hydrogen) atoms. The Bertz CT molecular complexity index is 261. The monoisotopic (exact) mass is 316 g/mol. The first kappa shape index (κ1) is 19.8. The molecule has 0 aromatic rings. The summed E-state index contributed by atoms with van der Waals surface area (Å²) in [5, 5.41) is 0. The van der Waals surface area contributed by atoms with E-state index in [9.17, 15) is 0 Å². The summed E-state index contributed by atoms with van der Waals surface area (Å²) in [7, 11) is -3.28. The molecule has 0 bridgehead atoms. The molecule has 0 saturated heterocycles. The molecular formula is C16H36O2Si2. The van der Waals surface area contributed by atoms with Crippen LogP contribution in [0.5, 0.6) is 0 Å². The Balaban J connectivity index is 5.25. The quantitative estimate of drug-likeness (QED) is 0.349. The molecular weight excluding hydrogens is 280 g/mol. The first-order valence-corrected chi connectivity index (χ1v) is 13.5. The smallest absolute Gasteiger partial charge is 0.254 e. The van der Waals surface area contributed by atoms with Crippen molar-refractivity contribution in [1.29, 1.82) is 0 Å². The van der Waals surface area contributed by atoms with Gasteiger partial charge in [0.2, 0.25) is 5.95 Å². The molecule has 0 unspecified atom stereocenters. The van der Waals surface area contributed by atoms with Crippen molar-refractivity contribution in [2.75, 3.05) is 0 Å². The maximum absolute atomic E-state index is 6.54. The Morgan fingerprint density at radius 1 is 0.600 bits per heavy atom. The average Bonchev–Trinajstić information content (AvgIpc) is 2.48. The third-order valence-electron chi connectivity index (χ3n) is 4.89. The lowest BCUT2D eigenvalue weighted by atomic mass is 10.4. The molecule has 0 heterocycles. The van der Waals surface area contributed by atoms with E-state index in [-0.39, 0.29) is 0 Å².